The van der Waals surface area contributed by atoms with E-state index in [0.29, 0.717) is 0 Å². The minimum Gasteiger partial charge on any atom is -0.481 e. The molecule has 1 amide bonds. The number of carboxylic acids is 1. The van der Waals surface area contributed by atoms with E-state index in [1.54, 1.807) is 20.8 Å². The van der Waals surface area contributed by atoms with Crippen LogP contribution in [0.2, 0.25) is 10.3 Å². The van der Waals surface area contributed by atoms with Crippen LogP contribution in [-0.2, 0) is 4.79 Å². The summed E-state index contributed by atoms with van der Waals surface area (Å²) < 4.78 is 0. The molecular formula is C12H15Cl2N3O3. The Labute approximate surface area is 126 Å². The van der Waals surface area contributed by atoms with Crippen molar-refractivity contribution >= 4 is 35.1 Å². The first-order valence-electron chi connectivity index (χ1n) is 5.85. The van der Waals surface area contributed by atoms with Crippen molar-refractivity contribution in [2.75, 3.05) is 6.54 Å². The molecule has 1 aromatic rings. The summed E-state index contributed by atoms with van der Waals surface area (Å²) in [6.07, 6.45) is -0.160. The van der Waals surface area contributed by atoms with Gasteiger partial charge in [0.2, 0.25) is 0 Å². The van der Waals surface area contributed by atoms with Gasteiger partial charge < -0.3 is 10.0 Å². The lowest BCUT2D eigenvalue weighted by atomic mass is 10.0. The summed E-state index contributed by atoms with van der Waals surface area (Å²) in [4.78, 5) is 24.6. The van der Waals surface area contributed by atoms with Crippen molar-refractivity contribution in [2.45, 2.75) is 32.7 Å². The van der Waals surface area contributed by atoms with E-state index in [2.05, 4.69) is 10.2 Å². The first-order valence-corrected chi connectivity index (χ1v) is 6.61. The molecule has 110 valence electrons. The average Bonchev–Trinajstić information content (AvgIpc) is 2.30. The third kappa shape index (κ3) is 4.31. The van der Waals surface area contributed by atoms with Gasteiger partial charge in [-0.05, 0) is 26.8 Å². The van der Waals surface area contributed by atoms with E-state index in [0.717, 1.165) is 0 Å². The fourth-order valence-corrected chi connectivity index (χ4v) is 1.92. The first kappa shape index (κ1) is 16.7. The molecule has 0 fully saturated rings. The third-order valence-corrected chi connectivity index (χ3v) is 3.02. The molecule has 0 aromatic carbocycles. The second-order valence-corrected chi connectivity index (χ2v) is 5.89. The van der Waals surface area contributed by atoms with Crippen LogP contribution in [0.5, 0.6) is 0 Å². The SMILES string of the molecule is CC(C)(C)N(CCC(=O)O)C(=O)c1cc(Cl)nnc1Cl. The van der Waals surface area contributed by atoms with Crippen LogP contribution in [0.15, 0.2) is 6.07 Å². The van der Waals surface area contributed by atoms with Gasteiger partial charge in [0, 0.05) is 12.1 Å². The number of carbonyl (C=O) groups excluding carboxylic acids is 1. The highest BCUT2D eigenvalue weighted by Gasteiger charge is 2.29. The molecule has 1 N–H and O–H groups in total. The normalized spacial score (nSPS) is 11.2. The number of hydrogen-bond acceptors (Lipinski definition) is 4. The van der Waals surface area contributed by atoms with Gasteiger partial charge in [-0.25, -0.2) is 0 Å². The lowest BCUT2D eigenvalue weighted by Crippen LogP contribution is -2.46. The number of carbonyl (C=O) groups is 2. The predicted molar refractivity (Wildman–Crippen MR) is 75.1 cm³/mol. The number of nitrogens with zero attached hydrogens (tertiary/aromatic N) is 3. The summed E-state index contributed by atoms with van der Waals surface area (Å²) in [6.45, 7) is 5.47. The van der Waals surface area contributed by atoms with Crippen LogP contribution in [0.25, 0.3) is 0 Å². The van der Waals surface area contributed by atoms with E-state index in [9.17, 15) is 9.59 Å². The minimum atomic E-state index is -0.982. The molecule has 0 saturated carbocycles. The molecule has 0 bridgehead atoms. The largest absolute Gasteiger partial charge is 0.481 e. The molecule has 0 radical (unpaired) electrons. The Bertz CT molecular complexity index is 529. The van der Waals surface area contributed by atoms with E-state index in [-0.39, 0.29) is 28.8 Å². The van der Waals surface area contributed by atoms with Gasteiger partial charge in [-0.15, -0.1) is 10.2 Å². The van der Waals surface area contributed by atoms with E-state index < -0.39 is 17.4 Å². The van der Waals surface area contributed by atoms with E-state index in [4.69, 9.17) is 28.3 Å². The molecule has 1 heterocycles. The van der Waals surface area contributed by atoms with Crippen molar-refractivity contribution in [3.8, 4) is 0 Å². The molecule has 6 nitrogen and oxygen atoms in total. The highest BCUT2D eigenvalue weighted by atomic mass is 35.5. The molecule has 0 aliphatic heterocycles. The monoisotopic (exact) mass is 319 g/mol. The third-order valence-electron chi connectivity index (χ3n) is 2.55. The molecule has 0 aliphatic carbocycles. The second kappa shape index (κ2) is 6.37. The number of halogens is 2. The standard InChI is InChI=1S/C12H15Cl2N3O3/c1-12(2,3)17(5-4-9(18)19)11(20)7-6-8(13)15-16-10(7)14/h6H,4-5H2,1-3H3,(H,18,19). The molecule has 20 heavy (non-hydrogen) atoms. The summed E-state index contributed by atoms with van der Waals surface area (Å²) in [6, 6.07) is 1.32. The highest BCUT2D eigenvalue weighted by molar-refractivity contribution is 6.34. The van der Waals surface area contributed by atoms with Crippen LogP contribution >= 0.6 is 23.2 Å². The van der Waals surface area contributed by atoms with Crippen molar-refractivity contribution in [2.24, 2.45) is 0 Å². The molecule has 0 unspecified atom stereocenters. The van der Waals surface area contributed by atoms with Gasteiger partial charge in [-0.1, -0.05) is 23.2 Å². The lowest BCUT2D eigenvalue weighted by molar-refractivity contribution is -0.137. The van der Waals surface area contributed by atoms with Gasteiger partial charge in [0.15, 0.2) is 10.3 Å². The number of aliphatic carboxylic acids is 1. The summed E-state index contributed by atoms with van der Waals surface area (Å²) >= 11 is 11.6. The molecular weight excluding hydrogens is 305 g/mol. The number of rotatable bonds is 4. The van der Waals surface area contributed by atoms with Crippen molar-refractivity contribution in [1.82, 2.24) is 15.1 Å². The number of aromatic nitrogens is 2. The summed E-state index contributed by atoms with van der Waals surface area (Å²) in [5, 5.41) is 15.9. The fourth-order valence-electron chi connectivity index (χ4n) is 1.60. The molecule has 0 saturated heterocycles. The molecule has 8 heteroatoms. The van der Waals surface area contributed by atoms with Gasteiger partial charge in [0.25, 0.3) is 5.91 Å². The highest BCUT2D eigenvalue weighted by Crippen LogP contribution is 2.22. The number of hydrogen-bond donors (Lipinski definition) is 1. The van der Waals surface area contributed by atoms with Gasteiger partial charge in [-0.2, -0.15) is 0 Å². The van der Waals surface area contributed by atoms with Gasteiger partial charge in [-0.3, -0.25) is 9.59 Å². The van der Waals surface area contributed by atoms with Gasteiger partial charge in [0.05, 0.1) is 12.0 Å². The van der Waals surface area contributed by atoms with Crippen LogP contribution in [0, 0.1) is 0 Å². The molecule has 0 aliphatic rings. The van der Waals surface area contributed by atoms with E-state index in [1.807, 2.05) is 0 Å². The smallest absolute Gasteiger partial charge is 0.305 e. The molecule has 0 atom stereocenters. The predicted octanol–water partition coefficient (Wildman–Crippen LogP) is 2.50. The quantitative estimate of drug-likeness (QED) is 0.921. The molecule has 0 spiro atoms. The maximum Gasteiger partial charge on any atom is 0.305 e. The van der Waals surface area contributed by atoms with E-state index in [1.165, 1.54) is 11.0 Å². The Morgan fingerprint density at radius 3 is 2.40 bits per heavy atom. The van der Waals surface area contributed by atoms with Crippen LogP contribution in [0.1, 0.15) is 37.6 Å². The molecule has 1 rings (SSSR count). The number of carboxylic acid groups (broad SMARTS) is 1. The topological polar surface area (TPSA) is 83.4 Å². The van der Waals surface area contributed by atoms with Crippen molar-refractivity contribution in [3.05, 3.63) is 21.9 Å². The molecule has 1 aromatic heterocycles. The Hall–Kier alpha value is -1.40. The Kier molecular flexibility index (Phi) is 5.30. The Morgan fingerprint density at radius 1 is 1.30 bits per heavy atom. The zero-order valence-electron chi connectivity index (χ0n) is 11.4. The fraction of sp³-hybridized carbons (Fsp3) is 0.500. The van der Waals surface area contributed by atoms with Gasteiger partial charge in [0.1, 0.15) is 0 Å². The Morgan fingerprint density at radius 2 is 1.90 bits per heavy atom. The first-order chi connectivity index (χ1) is 9.12. The van der Waals surface area contributed by atoms with Crippen molar-refractivity contribution in [3.63, 3.8) is 0 Å². The van der Waals surface area contributed by atoms with Crippen LogP contribution in [-0.4, -0.2) is 44.2 Å². The van der Waals surface area contributed by atoms with Crippen molar-refractivity contribution in [1.29, 1.82) is 0 Å². The van der Waals surface area contributed by atoms with Crippen molar-refractivity contribution < 1.29 is 14.7 Å². The van der Waals surface area contributed by atoms with Crippen LogP contribution in [0.4, 0.5) is 0 Å². The Balaban J connectivity index is 3.10. The average molecular weight is 320 g/mol. The summed E-state index contributed by atoms with van der Waals surface area (Å²) in [5.41, 5.74) is -0.460. The zero-order chi connectivity index (χ0) is 15.5. The van der Waals surface area contributed by atoms with Crippen LogP contribution < -0.4 is 0 Å². The second-order valence-electron chi connectivity index (χ2n) is 5.14. The number of amides is 1. The summed E-state index contributed by atoms with van der Waals surface area (Å²) in [7, 11) is 0. The zero-order valence-corrected chi connectivity index (χ0v) is 12.9. The van der Waals surface area contributed by atoms with E-state index >= 15 is 0 Å². The lowest BCUT2D eigenvalue weighted by Gasteiger charge is -2.35. The maximum atomic E-state index is 12.5. The van der Waals surface area contributed by atoms with Crippen LogP contribution in [0.3, 0.4) is 0 Å². The van der Waals surface area contributed by atoms with Gasteiger partial charge >= 0.3 is 5.97 Å². The minimum absolute atomic E-state index is 0.0462. The summed E-state index contributed by atoms with van der Waals surface area (Å²) in [5.74, 6) is -1.41. The maximum absolute atomic E-state index is 12.5.